The molecule has 0 radical (unpaired) electrons. The smallest absolute Gasteiger partial charge is 0.254 e. The van der Waals surface area contributed by atoms with E-state index in [1.54, 1.807) is 23.1 Å². The first kappa shape index (κ1) is 18.5. The lowest BCUT2D eigenvalue weighted by atomic mass is 10.0. The van der Waals surface area contributed by atoms with Gasteiger partial charge in [-0.1, -0.05) is 29.6 Å². The normalized spacial score (nSPS) is 26.0. The van der Waals surface area contributed by atoms with Crippen molar-refractivity contribution >= 4 is 35.0 Å². The number of likely N-dealkylation sites (tertiary alicyclic amines) is 1. The number of hydrogen-bond donors (Lipinski definition) is 2. The Morgan fingerprint density at radius 3 is 2.68 bits per heavy atom. The van der Waals surface area contributed by atoms with E-state index in [0.29, 0.717) is 41.0 Å². The number of rotatable bonds is 4. The molecule has 3 N–H and O–H groups in total. The van der Waals surface area contributed by atoms with E-state index in [0.717, 1.165) is 25.7 Å². The van der Waals surface area contributed by atoms with Crippen molar-refractivity contribution in [2.75, 3.05) is 13.1 Å². The molecule has 2 fully saturated rings. The maximum atomic E-state index is 12.8. The fraction of sp³-hybridized carbons (Fsp3) is 0.556. The van der Waals surface area contributed by atoms with Crippen LogP contribution in [-0.2, 0) is 4.79 Å². The highest BCUT2D eigenvalue weighted by atomic mass is 35.5. The van der Waals surface area contributed by atoms with Crippen LogP contribution in [0, 0.1) is 5.92 Å². The fourth-order valence-electron chi connectivity index (χ4n) is 3.87. The van der Waals surface area contributed by atoms with Crippen LogP contribution in [0.15, 0.2) is 18.2 Å². The summed E-state index contributed by atoms with van der Waals surface area (Å²) in [7, 11) is 0. The number of hydrogen-bond acceptors (Lipinski definition) is 3. The van der Waals surface area contributed by atoms with E-state index in [1.165, 1.54) is 0 Å². The highest BCUT2D eigenvalue weighted by Crippen LogP contribution is 2.28. The molecule has 1 saturated heterocycles. The molecule has 1 heterocycles. The minimum atomic E-state index is -0.430. The van der Waals surface area contributed by atoms with Crippen LogP contribution in [-0.4, -0.2) is 41.9 Å². The number of carbonyl (C=O) groups excluding carboxylic acids is 2. The highest BCUT2D eigenvalue weighted by molar-refractivity contribution is 6.42. The second kappa shape index (κ2) is 7.94. The Kier molecular flexibility index (Phi) is 5.87. The number of carbonyl (C=O) groups is 2. The van der Waals surface area contributed by atoms with Crippen molar-refractivity contribution in [3.63, 3.8) is 0 Å². The first-order valence-electron chi connectivity index (χ1n) is 8.77. The largest absolute Gasteiger partial charge is 0.351 e. The third kappa shape index (κ3) is 3.94. The van der Waals surface area contributed by atoms with Gasteiger partial charge in [-0.25, -0.2) is 0 Å². The molecule has 25 heavy (non-hydrogen) atoms. The Morgan fingerprint density at radius 2 is 1.96 bits per heavy atom. The van der Waals surface area contributed by atoms with Gasteiger partial charge >= 0.3 is 0 Å². The molecule has 3 atom stereocenters. The number of nitrogens with one attached hydrogen (secondary N) is 1. The molecule has 1 aliphatic carbocycles. The van der Waals surface area contributed by atoms with E-state index in [-0.39, 0.29) is 17.9 Å². The van der Waals surface area contributed by atoms with E-state index in [9.17, 15) is 9.59 Å². The maximum absolute atomic E-state index is 12.8. The molecule has 1 saturated carbocycles. The quantitative estimate of drug-likeness (QED) is 0.838. The van der Waals surface area contributed by atoms with Crippen LogP contribution in [0.5, 0.6) is 0 Å². The minimum absolute atomic E-state index is 0.0729. The fourth-order valence-corrected chi connectivity index (χ4v) is 4.16. The zero-order valence-corrected chi connectivity index (χ0v) is 15.5. The van der Waals surface area contributed by atoms with E-state index in [1.807, 2.05) is 0 Å². The van der Waals surface area contributed by atoms with Crippen LogP contribution in [0.3, 0.4) is 0 Å². The first-order chi connectivity index (χ1) is 12.0. The molecule has 1 aromatic rings. The standard InChI is InChI=1S/C18H23Cl2N3O2/c19-13-7-6-11(9-14(13)20)18(25)23-8-2-5-16(23)17(24)22-15-4-1-3-12(15)10-21/h6-7,9,12,15-16H,1-5,8,10,21H2,(H,22,24). The Balaban J connectivity index is 1.70. The maximum Gasteiger partial charge on any atom is 0.254 e. The third-order valence-electron chi connectivity index (χ3n) is 5.27. The van der Waals surface area contributed by atoms with Crippen molar-refractivity contribution in [2.24, 2.45) is 11.7 Å². The van der Waals surface area contributed by atoms with Gasteiger partial charge in [-0.2, -0.15) is 0 Å². The van der Waals surface area contributed by atoms with E-state index < -0.39 is 6.04 Å². The molecule has 0 spiro atoms. The topological polar surface area (TPSA) is 75.4 Å². The number of amides is 2. The van der Waals surface area contributed by atoms with Crippen LogP contribution in [0.1, 0.15) is 42.5 Å². The average molecular weight is 384 g/mol. The van der Waals surface area contributed by atoms with Gasteiger partial charge < -0.3 is 16.0 Å². The molecule has 3 rings (SSSR count). The molecule has 7 heteroatoms. The molecule has 5 nitrogen and oxygen atoms in total. The first-order valence-corrected chi connectivity index (χ1v) is 9.53. The zero-order chi connectivity index (χ0) is 18.0. The number of halogens is 2. The van der Waals surface area contributed by atoms with Crippen molar-refractivity contribution in [1.82, 2.24) is 10.2 Å². The summed E-state index contributed by atoms with van der Waals surface area (Å²) in [6.07, 6.45) is 4.59. The summed E-state index contributed by atoms with van der Waals surface area (Å²) in [5.41, 5.74) is 6.25. The van der Waals surface area contributed by atoms with Gasteiger partial charge in [0.2, 0.25) is 5.91 Å². The van der Waals surface area contributed by atoms with Gasteiger partial charge in [0.25, 0.3) is 5.91 Å². The van der Waals surface area contributed by atoms with Crippen molar-refractivity contribution < 1.29 is 9.59 Å². The molecule has 136 valence electrons. The Morgan fingerprint density at radius 1 is 1.16 bits per heavy atom. The Bertz CT molecular complexity index is 668. The van der Waals surface area contributed by atoms with E-state index in [2.05, 4.69) is 5.32 Å². The van der Waals surface area contributed by atoms with Gasteiger partial charge in [0.05, 0.1) is 10.0 Å². The van der Waals surface area contributed by atoms with Gasteiger partial charge in [-0.05, 0) is 56.3 Å². The van der Waals surface area contributed by atoms with Gasteiger partial charge in [-0.3, -0.25) is 9.59 Å². The molecule has 2 amide bonds. The summed E-state index contributed by atoms with van der Waals surface area (Å²) in [5.74, 6) is 0.0823. The van der Waals surface area contributed by atoms with Crippen molar-refractivity contribution in [3.05, 3.63) is 33.8 Å². The van der Waals surface area contributed by atoms with E-state index >= 15 is 0 Å². The molecule has 1 aromatic carbocycles. The number of nitrogens with zero attached hydrogens (tertiary/aromatic N) is 1. The lowest BCUT2D eigenvalue weighted by Crippen LogP contribution is -2.50. The van der Waals surface area contributed by atoms with Crippen LogP contribution >= 0.6 is 23.2 Å². The van der Waals surface area contributed by atoms with Crippen molar-refractivity contribution in [1.29, 1.82) is 0 Å². The van der Waals surface area contributed by atoms with Gasteiger partial charge in [0.1, 0.15) is 6.04 Å². The molecule has 0 bridgehead atoms. The van der Waals surface area contributed by atoms with Gasteiger partial charge in [0, 0.05) is 18.2 Å². The summed E-state index contributed by atoms with van der Waals surface area (Å²) < 4.78 is 0. The van der Waals surface area contributed by atoms with Crippen LogP contribution in [0.25, 0.3) is 0 Å². The lowest BCUT2D eigenvalue weighted by molar-refractivity contribution is -0.125. The predicted octanol–water partition coefficient (Wildman–Crippen LogP) is 2.84. The summed E-state index contributed by atoms with van der Waals surface area (Å²) in [4.78, 5) is 27.2. The molecule has 1 aliphatic heterocycles. The zero-order valence-electron chi connectivity index (χ0n) is 14.0. The van der Waals surface area contributed by atoms with Crippen LogP contribution < -0.4 is 11.1 Å². The SMILES string of the molecule is NCC1CCCC1NC(=O)C1CCCN1C(=O)c1ccc(Cl)c(Cl)c1. The van der Waals surface area contributed by atoms with Crippen molar-refractivity contribution in [2.45, 2.75) is 44.2 Å². The Hall–Kier alpha value is -1.30. The average Bonchev–Trinajstić information content (AvgIpc) is 3.25. The number of benzene rings is 1. The van der Waals surface area contributed by atoms with Gasteiger partial charge in [-0.15, -0.1) is 0 Å². The van der Waals surface area contributed by atoms with Gasteiger partial charge in [0.15, 0.2) is 0 Å². The van der Waals surface area contributed by atoms with Crippen LogP contribution in [0.4, 0.5) is 0 Å². The second-order valence-electron chi connectivity index (χ2n) is 6.83. The second-order valence-corrected chi connectivity index (χ2v) is 7.64. The molecule has 2 aliphatic rings. The van der Waals surface area contributed by atoms with E-state index in [4.69, 9.17) is 28.9 Å². The number of nitrogens with two attached hydrogens (primary N) is 1. The monoisotopic (exact) mass is 383 g/mol. The molecular weight excluding hydrogens is 361 g/mol. The molecule has 3 unspecified atom stereocenters. The predicted molar refractivity (Wildman–Crippen MR) is 98.8 cm³/mol. The highest BCUT2D eigenvalue weighted by Gasteiger charge is 2.37. The van der Waals surface area contributed by atoms with Crippen molar-refractivity contribution in [3.8, 4) is 0 Å². The minimum Gasteiger partial charge on any atom is -0.351 e. The summed E-state index contributed by atoms with van der Waals surface area (Å²) in [5, 5.41) is 3.86. The third-order valence-corrected chi connectivity index (χ3v) is 6.01. The summed E-state index contributed by atoms with van der Waals surface area (Å²) in [6.45, 7) is 1.16. The molecular formula is C18H23Cl2N3O2. The Labute approximate surface area is 157 Å². The van der Waals surface area contributed by atoms with Crippen LogP contribution in [0.2, 0.25) is 10.0 Å². The summed E-state index contributed by atoms with van der Waals surface area (Å²) in [6, 6.07) is 4.50. The molecule has 0 aromatic heterocycles. The summed E-state index contributed by atoms with van der Waals surface area (Å²) >= 11 is 11.9. The lowest BCUT2D eigenvalue weighted by Gasteiger charge is -2.27.